The van der Waals surface area contributed by atoms with Crippen LogP contribution in [0.2, 0.25) is 10.0 Å². The van der Waals surface area contributed by atoms with Gasteiger partial charge in [-0.05, 0) is 24.6 Å². The molecule has 2 rings (SSSR count). The molecule has 6 heteroatoms. The van der Waals surface area contributed by atoms with Crippen LogP contribution in [0.25, 0.3) is 0 Å². The Bertz CT molecular complexity index is 623. The Hall–Kier alpha value is -1.39. The maximum atomic E-state index is 13.5. The Labute approximate surface area is 124 Å². The van der Waals surface area contributed by atoms with Crippen LogP contribution in [0.4, 0.5) is 18.9 Å². The Morgan fingerprint density at radius 3 is 2.10 bits per heavy atom. The van der Waals surface area contributed by atoms with Crippen molar-refractivity contribution in [1.29, 1.82) is 0 Å². The molecule has 1 N–H and O–H groups in total. The second-order valence-corrected chi connectivity index (χ2v) is 5.10. The predicted octanol–water partition coefficient (Wildman–Crippen LogP) is 5.58. The monoisotopic (exact) mass is 319 g/mol. The molecule has 2 aromatic rings. The zero-order chi connectivity index (χ0) is 14.9. The number of benzene rings is 2. The zero-order valence-electron chi connectivity index (χ0n) is 10.4. The van der Waals surface area contributed by atoms with Crippen LogP contribution >= 0.6 is 23.2 Å². The minimum Gasteiger partial charge on any atom is -0.374 e. The van der Waals surface area contributed by atoms with Crippen molar-refractivity contribution in [3.63, 3.8) is 0 Å². The predicted molar refractivity (Wildman–Crippen MR) is 74.8 cm³/mol. The van der Waals surface area contributed by atoms with Crippen molar-refractivity contribution in [3.8, 4) is 0 Å². The summed E-state index contributed by atoms with van der Waals surface area (Å²) in [5.41, 5.74) is 0.312. The lowest BCUT2D eigenvalue weighted by Gasteiger charge is -2.17. The summed E-state index contributed by atoms with van der Waals surface area (Å²) < 4.78 is 39.9. The molecule has 0 aromatic heterocycles. The molecule has 0 aliphatic carbocycles. The molecule has 2 aromatic carbocycles. The maximum Gasteiger partial charge on any atom is 0.152 e. The van der Waals surface area contributed by atoms with Crippen LogP contribution in [0.1, 0.15) is 18.5 Å². The zero-order valence-corrected chi connectivity index (χ0v) is 11.9. The number of hydrogen-bond acceptors (Lipinski definition) is 1. The van der Waals surface area contributed by atoms with E-state index in [4.69, 9.17) is 23.2 Å². The summed E-state index contributed by atoms with van der Waals surface area (Å²) in [4.78, 5) is 0. The Morgan fingerprint density at radius 2 is 1.55 bits per heavy atom. The van der Waals surface area contributed by atoms with E-state index in [1.165, 1.54) is 0 Å². The highest BCUT2D eigenvalue weighted by atomic mass is 35.5. The van der Waals surface area contributed by atoms with E-state index in [1.54, 1.807) is 25.1 Å². The van der Waals surface area contributed by atoms with Crippen molar-refractivity contribution in [2.45, 2.75) is 13.0 Å². The van der Waals surface area contributed by atoms with Gasteiger partial charge in [-0.15, -0.1) is 0 Å². The minimum atomic E-state index is -0.991. The Morgan fingerprint density at radius 1 is 0.950 bits per heavy atom. The molecule has 20 heavy (non-hydrogen) atoms. The van der Waals surface area contributed by atoms with Gasteiger partial charge in [-0.3, -0.25) is 0 Å². The molecule has 0 saturated carbocycles. The van der Waals surface area contributed by atoms with E-state index in [-0.39, 0.29) is 5.69 Å². The van der Waals surface area contributed by atoms with E-state index < -0.39 is 23.5 Å². The van der Waals surface area contributed by atoms with Gasteiger partial charge in [-0.1, -0.05) is 29.3 Å². The van der Waals surface area contributed by atoms with Crippen molar-refractivity contribution in [3.05, 3.63) is 63.4 Å². The van der Waals surface area contributed by atoms with E-state index in [1.807, 2.05) is 0 Å². The molecule has 0 bridgehead atoms. The first-order valence-corrected chi connectivity index (χ1v) is 6.50. The van der Waals surface area contributed by atoms with Gasteiger partial charge in [0, 0.05) is 18.2 Å². The quantitative estimate of drug-likeness (QED) is 0.778. The highest BCUT2D eigenvalue weighted by Crippen LogP contribution is 2.29. The molecule has 0 spiro atoms. The first-order chi connectivity index (χ1) is 9.38. The molecule has 0 amide bonds. The normalized spacial score (nSPS) is 12.3. The summed E-state index contributed by atoms with van der Waals surface area (Å²) in [5, 5.41) is 3.39. The average Bonchev–Trinajstić information content (AvgIpc) is 2.36. The van der Waals surface area contributed by atoms with Gasteiger partial charge in [0.1, 0.15) is 11.5 Å². The second kappa shape index (κ2) is 5.94. The molecule has 1 nitrogen and oxygen atoms in total. The van der Waals surface area contributed by atoms with E-state index >= 15 is 0 Å². The van der Waals surface area contributed by atoms with Gasteiger partial charge in [0.2, 0.25) is 0 Å². The first kappa shape index (κ1) is 15.0. The molecule has 0 fully saturated rings. The highest BCUT2D eigenvalue weighted by Gasteiger charge is 2.15. The molecular formula is C14H10Cl2F3N. The number of anilines is 1. The van der Waals surface area contributed by atoms with Crippen LogP contribution in [-0.4, -0.2) is 0 Å². The van der Waals surface area contributed by atoms with Gasteiger partial charge in [-0.25, -0.2) is 13.2 Å². The lowest BCUT2D eigenvalue weighted by Crippen LogP contribution is -2.10. The molecular weight excluding hydrogens is 310 g/mol. The van der Waals surface area contributed by atoms with Gasteiger partial charge < -0.3 is 5.32 Å². The SMILES string of the molecule is CC(Nc1c(F)cc(F)cc1F)c1ccc(Cl)c(Cl)c1. The van der Waals surface area contributed by atoms with Crippen LogP contribution < -0.4 is 5.32 Å². The van der Waals surface area contributed by atoms with Gasteiger partial charge >= 0.3 is 0 Å². The summed E-state index contributed by atoms with van der Waals surface area (Å²) >= 11 is 11.7. The highest BCUT2D eigenvalue weighted by molar-refractivity contribution is 6.42. The molecule has 0 radical (unpaired) electrons. The molecule has 106 valence electrons. The van der Waals surface area contributed by atoms with Gasteiger partial charge in [0.15, 0.2) is 11.6 Å². The van der Waals surface area contributed by atoms with Crippen molar-refractivity contribution in [2.75, 3.05) is 5.32 Å². The van der Waals surface area contributed by atoms with Crippen LogP contribution in [0, 0.1) is 17.5 Å². The lowest BCUT2D eigenvalue weighted by molar-refractivity contribution is 0.545. The third-order valence-electron chi connectivity index (χ3n) is 2.81. The van der Waals surface area contributed by atoms with E-state index in [9.17, 15) is 13.2 Å². The van der Waals surface area contributed by atoms with Crippen LogP contribution in [0.3, 0.4) is 0 Å². The minimum absolute atomic E-state index is 0.345. The topological polar surface area (TPSA) is 12.0 Å². The van der Waals surface area contributed by atoms with Gasteiger partial charge in [-0.2, -0.15) is 0 Å². The van der Waals surface area contributed by atoms with E-state index in [0.717, 1.165) is 0 Å². The number of nitrogens with one attached hydrogen (secondary N) is 1. The van der Waals surface area contributed by atoms with E-state index in [0.29, 0.717) is 27.7 Å². The number of rotatable bonds is 3. The van der Waals surface area contributed by atoms with Crippen molar-refractivity contribution in [2.24, 2.45) is 0 Å². The summed E-state index contributed by atoms with van der Waals surface area (Å²) in [6.07, 6.45) is 0. The van der Waals surface area contributed by atoms with Crippen LogP contribution in [0.5, 0.6) is 0 Å². The third-order valence-corrected chi connectivity index (χ3v) is 3.55. The van der Waals surface area contributed by atoms with Crippen molar-refractivity contribution in [1.82, 2.24) is 0 Å². The van der Waals surface area contributed by atoms with Gasteiger partial charge in [0.25, 0.3) is 0 Å². The van der Waals surface area contributed by atoms with Crippen molar-refractivity contribution < 1.29 is 13.2 Å². The second-order valence-electron chi connectivity index (χ2n) is 4.28. The Balaban J connectivity index is 2.27. The fraction of sp³-hybridized carbons (Fsp3) is 0.143. The molecule has 0 heterocycles. The summed E-state index contributed by atoms with van der Waals surface area (Å²) in [7, 11) is 0. The number of hydrogen-bond donors (Lipinski definition) is 1. The van der Waals surface area contributed by atoms with Crippen LogP contribution in [0.15, 0.2) is 30.3 Å². The maximum absolute atomic E-state index is 13.5. The number of halogens is 5. The summed E-state index contributed by atoms with van der Waals surface area (Å²) in [6, 6.07) is 5.68. The smallest absolute Gasteiger partial charge is 0.152 e. The fourth-order valence-electron chi connectivity index (χ4n) is 1.76. The average molecular weight is 320 g/mol. The molecule has 0 aliphatic rings. The van der Waals surface area contributed by atoms with Crippen LogP contribution in [-0.2, 0) is 0 Å². The largest absolute Gasteiger partial charge is 0.374 e. The molecule has 1 atom stereocenters. The lowest BCUT2D eigenvalue weighted by atomic mass is 10.1. The van der Waals surface area contributed by atoms with Crippen molar-refractivity contribution >= 4 is 28.9 Å². The van der Waals surface area contributed by atoms with Gasteiger partial charge in [0.05, 0.1) is 10.0 Å². The Kier molecular flexibility index (Phi) is 4.45. The summed E-state index contributed by atoms with van der Waals surface area (Å²) in [5.74, 6) is -2.95. The first-order valence-electron chi connectivity index (χ1n) is 5.74. The standard InChI is InChI=1S/C14H10Cl2F3N/c1-7(8-2-3-10(15)11(16)4-8)20-14-12(18)5-9(17)6-13(14)19/h2-7,20H,1H3. The molecule has 0 saturated heterocycles. The summed E-state index contributed by atoms with van der Waals surface area (Å²) in [6.45, 7) is 1.70. The third kappa shape index (κ3) is 3.19. The fourth-order valence-corrected chi connectivity index (χ4v) is 2.07. The molecule has 0 aliphatic heterocycles. The van der Waals surface area contributed by atoms with E-state index in [2.05, 4.69) is 5.32 Å². The molecule has 1 unspecified atom stereocenters.